The first kappa shape index (κ1) is 43.9. The van der Waals surface area contributed by atoms with Crippen LogP contribution in [0.3, 0.4) is 0 Å². The average molecular weight is 660 g/mol. The summed E-state index contributed by atoms with van der Waals surface area (Å²) in [5.41, 5.74) is 0. The van der Waals surface area contributed by atoms with Gasteiger partial charge in [-0.05, 0) is 64.2 Å². The molecule has 0 radical (unpaired) electrons. The van der Waals surface area contributed by atoms with Crippen molar-refractivity contribution in [3.8, 4) is 0 Å². The second-order valence-corrected chi connectivity index (χ2v) is 15.1. The molecule has 0 aromatic carbocycles. The van der Waals surface area contributed by atoms with Crippen molar-refractivity contribution in [3.63, 3.8) is 0 Å². The molecule has 4 heteroatoms. The van der Waals surface area contributed by atoms with E-state index in [2.05, 4.69) is 50.1 Å². The van der Waals surface area contributed by atoms with Crippen molar-refractivity contribution in [2.45, 2.75) is 194 Å². The molecule has 0 bridgehead atoms. The van der Waals surface area contributed by atoms with E-state index in [0.29, 0.717) is 5.91 Å². The van der Waals surface area contributed by atoms with Crippen LogP contribution in [-0.4, -0.2) is 68.3 Å². The topological polar surface area (TPSA) is 29.5 Å². The summed E-state index contributed by atoms with van der Waals surface area (Å²) in [6.45, 7) is 11.3. The zero-order valence-electron chi connectivity index (χ0n) is 32.3. The summed E-state index contributed by atoms with van der Waals surface area (Å²) in [4.78, 5) is 15.5. The number of ether oxygens (including phenoxy) is 1. The van der Waals surface area contributed by atoms with Gasteiger partial charge in [-0.1, -0.05) is 147 Å². The second-order valence-electron chi connectivity index (χ2n) is 15.1. The molecule has 1 aliphatic rings. The number of carbonyl (C=O) groups excluding carboxylic acids is 1. The van der Waals surface area contributed by atoms with Gasteiger partial charge in [0.1, 0.15) is 13.1 Å². The van der Waals surface area contributed by atoms with Crippen molar-refractivity contribution in [1.82, 2.24) is 4.90 Å². The minimum absolute atomic E-state index is 0.398. The quantitative estimate of drug-likeness (QED) is 0.0391. The first-order valence-corrected chi connectivity index (χ1v) is 21.1. The number of likely N-dealkylation sites (N-methyl/N-ethyl adjacent to an activating group) is 1. The third-order valence-corrected chi connectivity index (χ3v) is 10.4. The Labute approximate surface area is 295 Å². The van der Waals surface area contributed by atoms with Crippen LogP contribution in [0.25, 0.3) is 0 Å². The molecule has 4 nitrogen and oxygen atoms in total. The number of amides is 1. The van der Waals surface area contributed by atoms with Crippen molar-refractivity contribution in [2.75, 3.05) is 53.0 Å². The number of allylic oxidation sites excluding steroid dienone is 4. The van der Waals surface area contributed by atoms with Crippen molar-refractivity contribution >= 4 is 5.91 Å². The van der Waals surface area contributed by atoms with E-state index in [1.165, 1.54) is 161 Å². The minimum atomic E-state index is 0.398. The van der Waals surface area contributed by atoms with Gasteiger partial charge in [0.15, 0.2) is 0 Å². The fourth-order valence-electron chi connectivity index (χ4n) is 6.79. The fraction of sp³-hybridized carbons (Fsp3) is 0.884. The third kappa shape index (κ3) is 28.4. The van der Waals surface area contributed by atoms with Gasteiger partial charge in [0.25, 0.3) is 0 Å². The lowest BCUT2D eigenvalue weighted by Gasteiger charge is -2.39. The van der Waals surface area contributed by atoms with Crippen LogP contribution < -0.4 is 0 Å². The first-order valence-electron chi connectivity index (χ1n) is 21.1. The highest BCUT2D eigenvalue weighted by atomic mass is 16.5. The van der Waals surface area contributed by atoms with Crippen LogP contribution in [-0.2, 0) is 9.53 Å². The summed E-state index contributed by atoms with van der Waals surface area (Å²) in [6.07, 6.45) is 45.9. The zero-order valence-corrected chi connectivity index (χ0v) is 32.3. The molecule has 1 fully saturated rings. The maximum Gasteiger partial charge on any atom is 0.222 e. The average Bonchev–Trinajstić information content (AvgIpc) is 3.07. The zero-order chi connectivity index (χ0) is 33.9. The Hall–Kier alpha value is -1.13. The van der Waals surface area contributed by atoms with Crippen molar-refractivity contribution in [3.05, 3.63) is 24.3 Å². The molecule has 0 saturated carbocycles. The number of unbranched alkanes of at least 4 members (excludes halogenated alkanes) is 23. The van der Waals surface area contributed by atoms with E-state index < -0.39 is 0 Å². The van der Waals surface area contributed by atoms with Crippen LogP contribution in [0, 0.1) is 0 Å². The van der Waals surface area contributed by atoms with Crippen LogP contribution >= 0.6 is 0 Å². The SMILES string of the molecule is CCCCCCCCC=CCCCCCCCCN(CC[N+]1(C)CCOCC1)C(=O)CCCCCCCC=CCCCCCCCC. The van der Waals surface area contributed by atoms with Gasteiger partial charge in [-0.25, -0.2) is 0 Å². The van der Waals surface area contributed by atoms with Crippen molar-refractivity contribution < 1.29 is 14.0 Å². The van der Waals surface area contributed by atoms with Gasteiger partial charge in [-0.3, -0.25) is 4.79 Å². The summed E-state index contributed by atoms with van der Waals surface area (Å²) in [7, 11) is 2.35. The Morgan fingerprint density at radius 3 is 1.36 bits per heavy atom. The third-order valence-electron chi connectivity index (χ3n) is 10.4. The number of quaternary nitrogens is 1. The van der Waals surface area contributed by atoms with E-state index in [0.717, 1.165) is 69.7 Å². The summed E-state index contributed by atoms with van der Waals surface area (Å²) < 4.78 is 6.66. The smallest absolute Gasteiger partial charge is 0.222 e. The van der Waals surface area contributed by atoms with Crippen LogP contribution in [0.2, 0.25) is 0 Å². The highest BCUT2D eigenvalue weighted by molar-refractivity contribution is 5.76. The standard InChI is InChI=1S/C43H83N2O2/c1-4-6-8-10-12-14-16-18-20-22-24-26-28-30-32-34-36-44(37-38-45(3)39-41-47-42-40-45)43(46)35-33-31-29-27-25-23-21-19-17-15-13-11-9-7-5-2/h18-21H,4-17,22-42H2,1-3H3/q+1. The van der Waals surface area contributed by atoms with Gasteiger partial charge < -0.3 is 14.1 Å². The molecular formula is C43H83N2O2+. The number of carbonyl (C=O) groups is 1. The predicted molar refractivity (Wildman–Crippen MR) is 207 cm³/mol. The first-order chi connectivity index (χ1) is 23.1. The molecule has 0 atom stereocenters. The number of hydrogen-bond acceptors (Lipinski definition) is 2. The van der Waals surface area contributed by atoms with Crippen molar-refractivity contribution in [2.24, 2.45) is 0 Å². The highest BCUT2D eigenvalue weighted by Crippen LogP contribution is 2.15. The van der Waals surface area contributed by atoms with E-state index in [9.17, 15) is 4.79 Å². The number of hydrogen-bond donors (Lipinski definition) is 0. The van der Waals surface area contributed by atoms with E-state index >= 15 is 0 Å². The van der Waals surface area contributed by atoms with Gasteiger partial charge in [-0.2, -0.15) is 0 Å². The van der Waals surface area contributed by atoms with Crippen LogP contribution in [0.4, 0.5) is 0 Å². The predicted octanol–water partition coefficient (Wildman–Crippen LogP) is 12.4. The molecule has 276 valence electrons. The molecule has 0 unspecified atom stereocenters. The molecular weight excluding hydrogens is 576 g/mol. The second kappa shape index (κ2) is 33.4. The molecule has 1 heterocycles. The molecule has 0 aliphatic carbocycles. The molecule has 1 aliphatic heterocycles. The highest BCUT2D eigenvalue weighted by Gasteiger charge is 2.26. The number of morpholine rings is 1. The molecule has 1 saturated heterocycles. The summed E-state index contributed by atoms with van der Waals surface area (Å²) in [5, 5.41) is 0. The minimum Gasteiger partial charge on any atom is -0.370 e. The van der Waals surface area contributed by atoms with Crippen molar-refractivity contribution in [1.29, 1.82) is 0 Å². The number of nitrogens with zero attached hydrogens (tertiary/aromatic N) is 2. The van der Waals surface area contributed by atoms with E-state index in [-0.39, 0.29) is 0 Å². The molecule has 0 aromatic rings. The Balaban J connectivity index is 2.16. The Morgan fingerprint density at radius 1 is 0.532 bits per heavy atom. The van der Waals surface area contributed by atoms with Gasteiger partial charge in [-0.15, -0.1) is 0 Å². The Morgan fingerprint density at radius 2 is 0.915 bits per heavy atom. The van der Waals surface area contributed by atoms with E-state index in [1.807, 2.05) is 0 Å². The Kier molecular flexibility index (Phi) is 31.2. The van der Waals surface area contributed by atoms with Crippen LogP contribution in [0.15, 0.2) is 24.3 Å². The van der Waals surface area contributed by atoms with Gasteiger partial charge in [0.2, 0.25) is 5.91 Å². The van der Waals surface area contributed by atoms with Crippen LogP contribution in [0.1, 0.15) is 194 Å². The van der Waals surface area contributed by atoms with E-state index in [1.54, 1.807) is 0 Å². The lowest BCUT2D eigenvalue weighted by atomic mass is 10.1. The normalized spacial score (nSPS) is 14.9. The van der Waals surface area contributed by atoms with Gasteiger partial charge in [0.05, 0.1) is 33.4 Å². The molecule has 0 aromatic heterocycles. The summed E-state index contributed by atoms with van der Waals surface area (Å²) >= 11 is 0. The summed E-state index contributed by atoms with van der Waals surface area (Å²) in [6, 6.07) is 0. The fourth-order valence-corrected chi connectivity index (χ4v) is 6.79. The van der Waals surface area contributed by atoms with E-state index in [4.69, 9.17) is 4.74 Å². The molecule has 47 heavy (non-hydrogen) atoms. The molecule has 0 spiro atoms. The lowest BCUT2D eigenvalue weighted by Crippen LogP contribution is -2.55. The Bertz CT molecular complexity index is 727. The van der Waals surface area contributed by atoms with Gasteiger partial charge >= 0.3 is 0 Å². The lowest BCUT2D eigenvalue weighted by molar-refractivity contribution is -0.916. The monoisotopic (exact) mass is 660 g/mol. The maximum absolute atomic E-state index is 13.3. The van der Waals surface area contributed by atoms with Gasteiger partial charge in [0, 0.05) is 13.0 Å². The summed E-state index contributed by atoms with van der Waals surface area (Å²) in [5.74, 6) is 0.398. The largest absolute Gasteiger partial charge is 0.370 e. The molecule has 1 rings (SSSR count). The number of rotatable bonds is 34. The molecule has 0 N–H and O–H groups in total. The maximum atomic E-state index is 13.3. The molecule has 1 amide bonds. The van der Waals surface area contributed by atoms with Crippen LogP contribution in [0.5, 0.6) is 0 Å².